The Kier molecular flexibility index (Phi) is 2.83. The number of benzene rings is 1. The molecule has 0 saturated heterocycles. The van der Waals surface area contributed by atoms with Gasteiger partial charge in [-0.05, 0) is 48.3 Å². The Bertz CT molecular complexity index is 300. The first-order valence-corrected chi connectivity index (χ1v) is 5.80. The van der Waals surface area contributed by atoms with E-state index in [9.17, 15) is 0 Å². The molecule has 1 heteroatoms. The fourth-order valence-electron chi connectivity index (χ4n) is 2.23. The number of halogens is 1. The average Bonchev–Trinajstić information content (AvgIpc) is 2.84. The highest BCUT2D eigenvalue weighted by atomic mass is 35.5. The molecular weight excluding hydrogens is 192 g/mol. The summed E-state index contributed by atoms with van der Waals surface area (Å²) in [4.78, 5) is 0. The molecule has 0 radical (unpaired) electrons. The van der Waals surface area contributed by atoms with Crippen molar-refractivity contribution >= 4 is 11.6 Å². The average molecular weight is 209 g/mol. The Morgan fingerprint density at radius 1 is 1.29 bits per heavy atom. The summed E-state index contributed by atoms with van der Waals surface area (Å²) in [5.74, 6) is 2.57. The van der Waals surface area contributed by atoms with Crippen LogP contribution in [0.1, 0.15) is 38.2 Å². The lowest BCUT2D eigenvalue weighted by molar-refractivity contribution is 0.532. The number of hydrogen-bond acceptors (Lipinski definition) is 0. The molecule has 0 spiro atoms. The van der Waals surface area contributed by atoms with Crippen LogP contribution < -0.4 is 0 Å². The quantitative estimate of drug-likeness (QED) is 0.687. The second-order valence-electron chi connectivity index (χ2n) is 4.78. The van der Waals surface area contributed by atoms with Crippen LogP contribution in [-0.4, -0.2) is 0 Å². The van der Waals surface area contributed by atoms with E-state index < -0.39 is 0 Å². The maximum atomic E-state index is 5.86. The van der Waals surface area contributed by atoms with Crippen molar-refractivity contribution in [3.8, 4) is 0 Å². The van der Waals surface area contributed by atoms with Crippen molar-refractivity contribution in [3.63, 3.8) is 0 Å². The van der Waals surface area contributed by atoms with E-state index in [0.717, 1.165) is 22.8 Å². The number of rotatable bonds is 3. The molecule has 0 nitrogen and oxygen atoms in total. The smallest absolute Gasteiger partial charge is 0.0406 e. The zero-order valence-corrected chi connectivity index (χ0v) is 9.59. The van der Waals surface area contributed by atoms with Crippen molar-refractivity contribution in [2.75, 3.05) is 0 Å². The van der Waals surface area contributed by atoms with Crippen molar-refractivity contribution in [2.45, 2.75) is 32.6 Å². The molecule has 0 aromatic heterocycles. The van der Waals surface area contributed by atoms with Gasteiger partial charge in [0.15, 0.2) is 0 Å². The monoisotopic (exact) mass is 208 g/mol. The Labute approximate surface area is 91.3 Å². The van der Waals surface area contributed by atoms with E-state index in [0.29, 0.717) is 0 Å². The van der Waals surface area contributed by atoms with Gasteiger partial charge in [0.1, 0.15) is 0 Å². The van der Waals surface area contributed by atoms with Gasteiger partial charge in [0.25, 0.3) is 0 Å². The summed E-state index contributed by atoms with van der Waals surface area (Å²) in [6.07, 6.45) is 2.74. The molecule has 1 aromatic carbocycles. The zero-order valence-electron chi connectivity index (χ0n) is 8.83. The summed E-state index contributed by atoms with van der Waals surface area (Å²) in [6, 6.07) is 8.35. The van der Waals surface area contributed by atoms with Crippen LogP contribution in [0.5, 0.6) is 0 Å². The number of hydrogen-bond donors (Lipinski definition) is 0. The van der Waals surface area contributed by atoms with Crippen LogP contribution in [0.25, 0.3) is 0 Å². The van der Waals surface area contributed by atoms with Crippen molar-refractivity contribution in [1.29, 1.82) is 0 Å². The molecule has 1 fully saturated rings. The van der Waals surface area contributed by atoms with Crippen LogP contribution in [-0.2, 0) is 0 Å². The predicted molar refractivity (Wildman–Crippen MR) is 61.8 cm³/mol. The lowest BCUT2D eigenvalue weighted by Crippen LogP contribution is -1.90. The molecule has 0 aliphatic heterocycles. The Morgan fingerprint density at radius 2 is 1.93 bits per heavy atom. The molecule has 1 aliphatic carbocycles. The van der Waals surface area contributed by atoms with Crippen molar-refractivity contribution < 1.29 is 0 Å². The molecule has 2 atom stereocenters. The van der Waals surface area contributed by atoms with Crippen LogP contribution in [0, 0.1) is 11.8 Å². The van der Waals surface area contributed by atoms with Crippen molar-refractivity contribution in [1.82, 2.24) is 0 Å². The summed E-state index contributed by atoms with van der Waals surface area (Å²) >= 11 is 5.86. The van der Waals surface area contributed by atoms with Gasteiger partial charge in [-0.1, -0.05) is 37.6 Å². The highest BCUT2D eigenvalue weighted by Crippen LogP contribution is 2.50. The predicted octanol–water partition coefficient (Wildman–Crippen LogP) is 4.49. The molecule has 0 amide bonds. The van der Waals surface area contributed by atoms with Crippen LogP contribution in [0.4, 0.5) is 0 Å². The van der Waals surface area contributed by atoms with E-state index in [4.69, 9.17) is 11.6 Å². The van der Waals surface area contributed by atoms with Gasteiger partial charge in [-0.25, -0.2) is 0 Å². The Balaban J connectivity index is 1.96. The van der Waals surface area contributed by atoms with Crippen LogP contribution in [0.3, 0.4) is 0 Å². The Hall–Kier alpha value is -0.490. The third-order valence-electron chi connectivity index (χ3n) is 2.99. The van der Waals surface area contributed by atoms with Gasteiger partial charge in [-0.15, -0.1) is 0 Å². The van der Waals surface area contributed by atoms with E-state index in [2.05, 4.69) is 26.0 Å². The minimum atomic E-state index is 0.815. The lowest BCUT2D eigenvalue weighted by Gasteiger charge is -2.03. The minimum Gasteiger partial charge on any atom is -0.0843 e. The zero-order chi connectivity index (χ0) is 10.1. The minimum absolute atomic E-state index is 0.815. The highest BCUT2D eigenvalue weighted by Gasteiger charge is 2.37. The van der Waals surface area contributed by atoms with Gasteiger partial charge in [0.05, 0.1) is 0 Å². The first kappa shape index (κ1) is 10.0. The molecule has 1 aliphatic rings. The molecule has 1 saturated carbocycles. The van der Waals surface area contributed by atoms with Gasteiger partial charge < -0.3 is 0 Å². The van der Waals surface area contributed by atoms with E-state index in [1.165, 1.54) is 18.4 Å². The summed E-state index contributed by atoms with van der Waals surface area (Å²) < 4.78 is 0. The summed E-state index contributed by atoms with van der Waals surface area (Å²) in [5, 5.41) is 0.842. The molecule has 76 valence electrons. The second kappa shape index (κ2) is 3.94. The second-order valence-corrected chi connectivity index (χ2v) is 5.22. The normalized spacial score (nSPS) is 25.4. The van der Waals surface area contributed by atoms with Crippen LogP contribution in [0.2, 0.25) is 5.02 Å². The molecular formula is C13H17Cl. The highest BCUT2D eigenvalue weighted by molar-refractivity contribution is 6.30. The molecule has 0 N–H and O–H groups in total. The third kappa shape index (κ3) is 2.30. The molecule has 14 heavy (non-hydrogen) atoms. The standard InChI is InChI=1S/C13H17Cl/c1-9(2)7-11-8-13(11)10-3-5-12(14)6-4-10/h3-6,9,11,13H,7-8H2,1-2H3/t11-,13+/m1/s1. The van der Waals surface area contributed by atoms with E-state index in [1.54, 1.807) is 0 Å². The van der Waals surface area contributed by atoms with E-state index in [1.807, 2.05) is 12.1 Å². The molecule has 2 rings (SSSR count). The largest absolute Gasteiger partial charge is 0.0843 e. The van der Waals surface area contributed by atoms with E-state index in [-0.39, 0.29) is 0 Å². The lowest BCUT2D eigenvalue weighted by atomic mass is 10.0. The molecule has 1 aromatic rings. The van der Waals surface area contributed by atoms with Crippen molar-refractivity contribution in [3.05, 3.63) is 34.9 Å². The molecule has 0 bridgehead atoms. The fraction of sp³-hybridized carbons (Fsp3) is 0.538. The maximum Gasteiger partial charge on any atom is 0.0406 e. The van der Waals surface area contributed by atoms with E-state index >= 15 is 0 Å². The van der Waals surface area contributed by atoms with Gasteiger partial charge in [0.2, 0.25) is 0 Å². The summed E-state index contributed by atoms with van der Waals surface area (Å²) in [7, 11) is 0. The van der Waals surface area contributed by atoms with Crippen molar-refractivity contribution in [2.24, 2.45) is 11.8 Å². The fourth-order valence-corrected chi connectivity index (χ4v) is 2.36. The third-order valence-corrected chi connectivity index (χ3v) is 3.25. The van der Waals surface area contributed by atoms with Gasteiger partial charge in [0, 0.05) is 5.02 Å². The van der Waals surface area contributed by atoms with Crippen LogP contribution in [0.15, 0.2) is 24.3 Å². The summed E-state index contributed by atoms with van der Waals surface area (Å²) in [6.45, 7) is 4.61. The topological polar surface area (TPSA) is 0 Å². The van der Waals surface area contributed by atoms with Gasteiger partial charge >= 0.3 is 0 Å². The first-order valence-electron chi connectivity index (χ1n) is 5.42. The maximum absolute atomic E-state index is 5.86. The summed E-state index contributed by atoms with van der Waals surface area (Å²) in [5.41, 5.74) is 1.47. The van der Waals surface area contributed by atoms with Gasteiger partial charge in [-0.2, -0.15) is 0 Å². The first-order chi connectivity index (χ1) is 6.66. The van der Waals surface area contributed by atoms with Gasteiger partial charge in [-0.3, -0.25) is 0 Å². The molecule has 0 unspecified atom stereocenters. The SMILES string of the molecule is CC(C)C[C@@H]1C[C@H]1c1ccc(Cl)cc1. The van der Waals surface area contributed by atoms with Crippen LogP contribution >= 0.6 is 11.6 Å². The Morgan fingerprint density at radius 3 is 2.50 bits per heavy atom. The molecule has 0 heterocycles.